The van der Waals surface area contributed by atoms with Gasteiger partial charge in [-0.3, -0.25) is 5.43 Å². The van der Waals surface area contributed by atoms with Gasteiger partial charge in [0.25, 0.3) is 0 Å². The van der Waals surface area contributed by atoms with E-state index in [4.69, 9.17) is 0 Å². The maximum absolute atomic E-state index is 13.8. The van der Waals surface area contributed by atoms with Crippen LogP contribution in [0.5, 0.6) is 0 Å². The van der Waals surface area contributed by atoms with Gasteiger partial charge in [0, 0.05) is 17.7 Å². The monoisotopic (exact) mass is 452 g/mol. The molecule has 0 saturated heterocycles. The van der Waals surface area contributed by atoms with Gasteiger partial charge >= 0.3 is 0 Å². The van der Waals surface area contributed by atoms with Gasteiger partial charge < -0.3 is 5.32 Å². The van der Waals surface area contributed by atoms with Crippen LogP contribution >= 0.6 is 0 Å². The van der Waals surface area contributed by atoms with Crippen molar-refractivity contribution in [2.45, 2.75) is 24.0 Å². The highest BCUT2D eigenvalue weighted by atomic mass is 32.2. The van der Waals surface area contributed by atoms with Crippen molar-refractivity contribution in [3.63, 3.8) is 0 Å². The summed E-state index contributed by atoms with van der Waals surface area (Å²) in [5.74, 6) is 0.467. The highest BCUT2D eigenvalue weighted by molar-refractivity contribution is 7.92. The van der Waals surface area contributed by atoms with Crippen molar-refractivity contribution in [3.8, 4) is 0 Å². The van der Waals surface area contributed by atoms with Crippen LogP contribution in [0.3, 0.4) is 0 Å². The van der Waals surface area contributed by atoms with Crippen LogP contribution in [0.25, 0.3) is 5.65 Å². The number of para-hydroxylation sites is 1. The minimum atomic E-state index is -3.51. The van der Waals surface area contributed by atoms with Crippen molar-refractivity contribution in [3.05, 3.63) is 78.2 Å². The molecule has 2 aromatic carbocycles. The van der Waals surface area contributed by atoms with Crippen molar-refractivity contribution < 1.29 is 12.8 Å². The van der Waals surface area contributed by atoms with Gasteiger partial charge in [0.05, 0.1) is 28.2 Å². The number of fused-ring (bicyclic) bond motifs is 1. The average molecular weight is 453 g/mol. The fraction of sp³-hybridized carbons (Fsp3) is 0.136. The molecule has 0 atom stereocenters. The lowest BCUT2D eigenvalue weighted by atomic mass is 10.2. The first-order valence-corrected chi connectivity index (χ1v) is 11.4. The normalized spacial score (nSPS) is 12.0. The van der Waals surface area contributed by atoms with Gasteiger partial charge in [0.15, 0.2) is 21.3 Å². The number of halogens is 1. The predicted octanol–water partition coefficient (Wildman–Crippen LogP) is 4.24. The summed E-state index contributed by atoms with van der Waals surface area (Å²) in [5.41, 5.74) is 4.05. The van der Waals surface area contributed by atoms with E-state index in [1.807, 2.05) is 0 Å². The standard InChI is InChI=1S/C22H21FN6O2S/c1-15(2)32(30,31)19-10-6-5-9-18(19)26-22-13-20(27-21-11-12-25-29(21)22)28-24-14-16-7-3-4-8-17(16)23/h3-15,26H,1-2H3,(H,27,28)/b24-14+. The lowest BCUT2D eigenvalue weighted by Crippen LogP contribution is -2.16. The zero-order chi connectivity index (χ0) is 22.7. The third-order valence-corrected chi connectivity index (χ3v) is 6.93. The van der Waals surface area contributed by atoms with E-state index in [2.05, 4.69) is 25.9 Å². The molecule has 32 heavy (non-hydrogen) atoms. The Morgan fingerprint density at radius 1 is 1.09 bits per heavy atom. The molecule has 0 amide bonds. The number of sulfone groups is 1. The maximum atomic E-state index is 13.8. The summed E-state index contributed by atoms with van der Waals surface area (Å²) < 4.78 is 40.9. The number of hydrazone groups is 1. The van der Waals surface area contributed by atoms with Crippen LogP contribution in [0.15, 0.2) is 76.9 Å². The van der Waals surface area contributed by atoms with Crippen LogP contribution in [0.1, 0.15) is 19.4 Å². The topological polar surface area (TPSA) is 101 Å². The fourth-order valence-corrected chi connectivity index (χ4v) is 4.22. The molecular weight excluding hydrogens is 431 g/mol. The first-order valence-electron chi connectivity index (χ1n) is 9.84. The first kappa shape index (κ1) is 21.4. The van der Waals surface area contributed by atoms with Crippen molar-refractivity contribution in [1.82, 2.24) is 14.6 Å². The largest absolute Gasteiger partial charge is 0.339 e. The number of nitrogens with zero attached hydrogens (tertiary/aromatic N) is 4. The second-order valence-electron chi connectivity index (χ2n) is 7.23. The first-order chi connectivity index (χ1) is 15.4. The third-order valence-electron chi connectivity index (χ3n) is 4.72. The molecule has 0 radical (unpaired) electrons. The Kier molecular flexibility index (Phi) is 5.87. The number of hydrogen-bond donors (Lipinski definition) is 2. The Morgan fingerprint density at radius 2 is 1.84 bits per heavy atom. The molecule has 0 aliphatic carbocycles. The molecule has 164 valence electrons. The molecule has 2 heterocycles. The maximum Gasteiger partial charge on any atom is 0.182 e. The lowest BCUT2D eigenvalue weighted by molar-refractivity contribution is 0.587. The van der Waals surface area contributed by atoms with Crippen LogP contribution in [-0.2, 0) is 9.84 Å². The van der Waals surface area contributed by atoms with Crippen molar-refractivity contribution >= 4 is 39.0 Å². The number of anilines is 3. The third kappa shape index (κ3) is 4.30. The van der Waals surface area contributed by atoms with E-state index in [1.54, 1.807) is 79.2 Å². The molecule has 0 bridgehead atoms. The molecule has 4 rings (SSSR count). The van der Waals surface area contributed by atoms with E-state index >= 15 is 0 Å². The smallest absolute Gasteiger partial charge is 0.182 e. The van der Waals surface area contributed by atoms with E-state index in [0.29, 0.717) is 28.5 Å². The summed E-state index contributed by atoms with van der Waals surface area (Å²) in [6.07, 6.45) is 2.94. The van der Waals surface area contributed by atoms with E-state index in [-0.39, 0.29) is 10.7 Å². The van der Waals surface area contributed by atoms with Crippen molar-refractivity contribution in [1.29, 1.82) is 0 Å². The highest BCUT2D eigenvalue weighted by Gasteiger charge is 2.23. The molecule has 4 aromatic rings. The van der Waals surface area contributed by atoms with Crippen LogP contribution in [0.4, 0.5) is 21.7 Å². The summed E-state index contributed by atoms with van der Waals surface area (Å²) >= 11 is 0. The molecule has 0 spiro atoms. The fourth-order valence-electron chi connectivity index (χ4n) is 3.02. The summed E-state index contributed by atoms with van der Waals surface area (Å²) in [4.78, 5) is 4.61. The highest BCUT2D eigenvalue weighted by Crippen LogP contribution is 2.28. The minimum absolute atomic E-state index is 0.194. The summed E-state index contributed by atoms with van der Waals surface area (Å²) in [5, 5.41) is 10.9. The van der Waals surface area contributed by atoms with E-state index in [1.165, 1.54) is 12.3 Å². The van der Waals surface area contributed by atoms with Crippen molar-refractivity contribution in [2.75, 3.05) is 10.7 Å². The number of nitrogens with one attached hydrogen (secondary N) is 2. The zero-order valence-corrected chi connectivity index (χ0v) is 18.2. The van der Waals surface area contributed by atoms with Gasteiger partial charge in [-0.2, -0.15) is 14.7 Å². The molecule has 0 unspecified atom stereocenters. The Balaban J connectivity index is 1.68. The number of hydrogen-bond acceptors (Lipinski definition) is 7. The summed E-state index contributed by atoms with van der Waals surface area (Å²) in [6, 6.07) is 16.3. The second kappa shape index (κ2) is 8.75. The van der Waals surface area contributed by atoms with Gasteiger partial charge in [-0.1, -0.05) is 30.3 Å². The SMILES string of the molecule is CC(C)S(=O)(=O)c1ccccc1Nc1cc(N/N=C/c2ccccc2F)nc2ccnn12. The molecule has 2 aromatic heterocycles. The molecule has 10 heteroatoms. The number of benzene rings is 2. The van der Waals surface area contributed by atoms with Crippen LogP contribution in [0, 0.1) is 5.82 Å². The van der Waals surface area contributed by atoms with Gasteiger partial charge in [-0.25, -0.2) is 17.8 Å². The summed E-state index contributed by atoms with van der Waals surface area (Å²) in [7, 11) is -3.51. The average Bonchev–Trinajstić information content (AvgIpc) is 3.24. The predicted molar refractivity (Wildman–Crippen MR) is 123 cm³/mol. The summed E-state index contributed by atoms with van der Waals surface area (Å²) in [6.45, 7) is 3.28. The van der Waals surface area contributed by atoms with Crippen molar-refractivity contribution in [2.24, 2.45) is 5.10 Å². The molecule has 0 aliphatic heterocycles. The van der Waals surface area contributed by atoms with Crippen LogP contribution in [0.2, 0.25) is 0 Å². The van der Waals surface area contributed by atoms with Crippen LogP contribution < -0.4 is 10.7 Å². The minimum Gasteiger partial charge on any atom is -0.339 e. The molecule has 2 N–H and O–H groups in total. The lowest BCUT2D eigenvalue weighted by Gasteiger charge is -2.15. The number of rotatable bonds is 7. The van der Waals surface area contributed by atoms with E-state index in [0.717, 1.165) is 0 Å². The molecule has 0 fully saturated rings. The Morgan fingerprint density at radius 3 is 2.62 bits per heavy atom. The molecular formula is C22H21FN6O2S. The number of aromatic nitrogens is 3. The Hall–Kier alpha value is -3.79. The van der Waals surface area contributed by atoms with Gasteiger partial charge in [0.2, 0.25) is 0 Å². The van der Waals surface area contributed by atoms with Crippen LogP contribution in [-0.4, -0.2) is 34.5 Å². The van der Waals surface area contributed by atoms with Gasteiger partial charge in [-0.15, -0.1) is 0 Å². The Labute approximate surface area is 184 Å². The van der Waals surface area contributed by atoms with Gasteiger partial charge in [0.1, 0.15) is 11.6 Å². The molecule has 8 nitrogen and oxygen atoms in total. The van der Waals surface area contributed by atoms with Gasteiger partial charge in [-0.05, 0) is 32.0 Å². The molecule has 0 aliphatic rings. The van der Waals surface area contributed by atoms with E-state index in [9.17, 15) is 12.8 Å². The second-order valence-corrected chi connectivity index (χ2v) is 9.71. The molecule has 0 saturated carbocycles. The quantitative estimate of drug-likeness (QED) is 0.321. The Bertz CT molecular complexity index is 1400. The van der Waals surface area contributed by atoms with E-state index < -0.39 is 15.1 Å². The zero-order valence-electron chi connectivity index (χ0n) is 17.4.